The predicted molar refractivity (Wildman–Crippen MR) is 194 cm³/mol. The molecule has 0 spiro atoms. The van der Waals surface area contributed by atoms with E-state index < -0.39 is 0 Å². The van der Waals surface area contributed by atoms with Gasteiger partial charge in [-0.3, -0.25) is 0 Å². The number of thiophene rings is 1. The highest BCUT2D eigenvalue weighted by molar-refractivity contribution is 7.26. The molecule has 0 aliphatic heterocycles. The molecule has 4 heteroatoms. The van der Waals surface area contributed by atoms with E-state index in [9.17, 15) is 0 Å². The first kappa shape index (κ1) is 24.5. The van der Waals surface area contributed by atoms with E-state index in [2.05, 4.69) is 126 Å². The molecule has 0 aliphatic rings. The number of fused-ring (bicyclic) bond motifs is 13. The Balaban J connectivity index is 1.19. The molecule has 0 atom stereocenters. The highest BCUT2D eigenvalue weighted by atomic mass is 32.1. The van der Waals surface area contributed by atoms with Gasteiger partial charge in [0, 0.05) is 63.7 Å². The predicted octanol–water partition coefficient (Wildman–Crippen LogP) is 12.6. The summed E-state index contributed by atoms with van der Waals surface area (Å²) in [6.07, 6.45) is 0. The zero-order valence-electron chi connectivity index (χ0n) is 24.5. The molecule has 4 aromatic heterocycles. The standard InChI is InChI=1S/C42H23NO2S/c1-4-15-32-28(9-1)40-33(20-22-38-41(40)30-11-3-6-18-37(30)46-38)43(32)24-19-21-35-31(23-24)27-14-7-13-26(42(27)45-35)25-12-8-17-36-39(25)29-10-2-5-16-34(29)44-36/h1-23H. The van der Waals surface area contributed by atoms with Crippen LogP contribution in [0.3, 0.4) is 0 Å². The molecule has 0 bridgehead atoms. The van der Waals surface area contributed by atoms with Gasteiger partial charge in [-0.25, -0.2) is 0 Å². The zero-order chi connectivity index (χ0) is 29.9. The maximum atomic E-state index is 6.68. The first-order valence-corrected chi connectivity index (χ1v) is 16.3. The van der Waals surface area contributed by atoms with Crippen molar-refractivity contribution in [3.05, 3.63) is 140 Å². The lowest BCUT2D eigenvalue weighted by Gasteiger charge is -2.08. The van der Waals surface area contributed by atoms with Gasteiger partial charge in [-0.2, -0.15) is 0 Å². The van der Waals surface area contributed by atoms with E-state index in [-0.39, 0.29) is 0 Å². The minimum absolute atomic E-state index is 0.877. The summed E-state index contributed by atoms with van der Waals surface area (Å²) in [6, 6.07) is 49.7. The molecule has 0 N–H and O–H groups in total. The Morgan fingerprint density at radius 3 is 2.11 bits per heavy atom. The normalized spacial score (nSPS) is 12.3. The smallest absolute Gasteiger partial charge is 0.143 e. The lowest BCUT2D eigenvalue weighted by atomic mass is 9.97. The van der Waals surface area contributed by atoms with E-state index in [4.69, 9.17) is 8.83 Å². The Hall–Kier alpha value is -5.84. The Morgan fingerprint density at radius 2 is 1.15 bits per heavy atom. The van der Waals surface area contributed by atoms with E-state index in [0.29, 0.717) is 0 Å². The van der Waals surface area contributed by atoms with Crippen molar-refractivity contribution in [3.8, 4) is 16.8 Å². The Labute approximate surface area is 266 Å². The molecule has 4 heterocycles. The Morgan fingerprint density at radius 1 is 0.413 bits per heavy atom. The van der Waals surface area contributed by atoms with Gasteiger partial charge in [-0.05, 0) is 60.2 Å². The quantitative estimate of drug-likeness (QED) is 0.196. The van der Waals surface area contributed by atoms with Crippen molar-refractivity contribution in [2.75, 3.05) is 0 Å². The second-order valence-electron chi connectivity index (χ2n) is 12.0. The number of hydrogen-bond acceptors (Lipinski definition) is 3. The minimum Gasteiger partial charge on any atom is -0.456 e. The fourth-order valence-corrected chi connectivity index (χ4v) is 8.80. The molecule has 11 aromatic rings. The summed E-state index contributed by atoms with van der Waals surface area (Å²) in [5.41, 5.74) is 9.25. The van der Waals surface area contributed by atoms with Crippen LogP contribution in [0.1, 0.15) is 0 Å². The van der Waals surface area contributed by atoms with Crippen molar-refractivity contribution in [1.82, 2.24) is 4.57 Å². The zero-order valence-corrected chi connectivity index (χ0v) is 25.3. The Bertz CT molecular complexity index is 3040. The summed E-state index contributed by atoms with van der Waals surface area (Å²) in [5, 5.41) is 9.68. The average Bonchev–Trinajstić information content (AvgIpc) is 3.86. The van der Waals surface area contributed by atoms with Crippen LogP contribution in [0.5, 0.6) is 0 Å². The van der Waals surface area contributed by atoms with Gasteiger partial charge in [0.1, 0.15) is 22.3 Å². The van der Waals surface area contributed by atoms with E-state index in [1.807, 2.05) is 29.5 Å². The molecule has 0 amide bonds. The van der Waals surface area contributed by atoms with Crippen molar-refractivity contribution in [3.63, 3.8) is 0 Å². The third kappa shape index (κ3) is 3.16. The fraction of sp³-hybridized carbons (Fsp3) is 0. The second kappa shape index (κ2) is 8.87. The molecule has 46 heavy (non-hydrogen) atoms. The summed E-state index contributed by atoms with van der Waals surface area (Å²) in [4.78, 5) is 0. The highest BCUT2D eigenvalue weighted by Gasteiger charge is 2.20. The SMILES string of the molecule is c1ccc2c(c1)oc1cccc(-c3cccc4c3oc3ccc(-n5c6ccccc6c6c7c(ccc65)sc5ccccc57)cc34)c12. The number of furan rings is 2. The number of para-hydroxylation sites is 3. The van der Waals surface area contributed by atoms with Gasteiger partial charge in [0.25, 0.3) is 0 Å². The molecule has 0 unspecified atom stereocenters. The molecule has 0 saturated heterocycles. The van der Waals surface area contributed by atoms with E-state index in [1.165, 1.54) is 42.0 Å². The molecule has 7 aromatic carbocycles. The van der Waals surface area contributed by atoms with Gasteiger partial charge in [-0.1, -0.05) is 84.9 Å². The summed E-state index contributed by atoms with van der Waals surface area (Å²) in [7, 11) is 0. The number of benzene rings is 7. The van der Waals surface area contributed by atoms with E-state index >= 15 is 0 Å². The van der Waals surface area contributed by atoms with Crippen LogP contribution in [0.15, 0.2) is 148 Å². The van der Waals surface area contributed by atoms with Gasteiger partial charge in [0.2, 0.25) is 0 Å². The number of nitrogens with zero attached hydrogens (tertiary/aromatic N) is 1. The first-order chi connectivity index (χ1) is 22.8. The van der Waals surface area contributed by atoms with E-state index in [0.717, 1.165) is 60.7 Å². The second-order valence-corrected chi connectivity index (χ2v) is 13.1. The fourth-order valence-electron chi connectivity index (χ4n) is 7.69. The number of hydrogen-bond donors (Lipinski definition) is 0. The maximum Gasteiger partial charge on any atom is 0.143 e. The summed E-state index contributed by atoms with van der Waals surface area (Å²) >= 11 is 1.87. The summed E-state index contributed by atoms with van der Waals surface area (Å²) in [5.74, 6) is 0. The third-order valence-electron chi connectivity index (χ3n) is 9.61. The van der Waals surface area contributed by atoms with Crippen LogP contribution in [0.2, 0.25) is 0 Å². The monoisotopic (exact) mass is 605 g/mol. The van der Waals surface area contributed by atoms with Gasteiger partial charge in [0.15, 0.2) is 0 Å². The van der Waals surface area contributed by atoms with Crippen LogP contribution >= 0.6 is 11.3 Å². The maximum absolute atomic E-state index is 6.68. The summed E-state index contributed by atoms with van der Waals surface area (Å²) in [6.45, 7) is 0. The Kier molecular flexibility index (Phi) is 4.72. The molecule has 11 rings (SSSR count). The largest absolute Gasteiger partial charge is 0.456 e. The van der Waals surface area contributed by atoms with Gasteiger partial charge < -0.3 is 13.4 Å². The molecule has 0 radical (unpaired) electrons. The van der Waals surface area contributed by atoms with Crippen LogP contribution < -0.4 is 0 Å². The van der Waals surface area contributed by atoms with Crippen LogP contribution in [0.25, 0.3) is 103 Å². The first-order valence-electron chi connectivity index (χ1n) is 15.5. The third-order valence-corrected chi connectivity index (χ3v) is 10.7. The average molecular weight is 606 g/mol. The van der Waals surface area contributed by atoms with Crippen LogP contribution in [0, 0.1) is 0 Å². The molecule has 214 valence electrons. The van der Waals surface area contributed by atoms with Crippen molar-refractivity contribution in [2.24, 2.45) is 0 Å². The van der Waals surface area contributed by atoms with Crippen molar-refractivity contribution >= 4 is 97.2 Å². The molecule has 0 saturated carbocycles. The van der Waals surface area contributed by atoms with Gasteiger partial charge >= 0.3 is 0 Å². The molecular weight excluding hydrogens is 583 g/mol. The molecule has 0 aliphatic carbocycles. The van der Waals surface area contributed by atoms with Crippen molar-refractivity contribution in [2.45, 2.75) is 0 Å². The van der Waals surface area contributed by atoms with Crippen LogP contribution in [0.4, 0.5) is 0 Å². The molecule has 3 nitrogen and oxygen atoms in total. The topological polar surface area (TPSA) is 31.2 Å². The van der Waals surface area contributed by atoms with E-state index in [1.54, 1.807) is 0 Å². The lowest BCUT2D eigenvalue weighted by Crippen LogP contribution is -1.93. The minimum atomic E-state index is 0.877. The summed E-state index contributed by atoms with van der Waals surface area (Å²) < 4.78 is 18.0. The van der Waals surface area contributed by atoms with Crippen molar-refractivity contribution in [1.29, 1.82) is 0 Å². The lowest BCUT2D eigenvalue weighted by molar-refractivity contribution is 0.668. The molecular formula is C42H23NO2S. The highest BCUT2D eigenvalue weighted by Crippen LogP contribution is 2.45. The van der Waals surface area contributed by atoms with Crippen molar-refractivity contribution < 1.29 is 8.83 Å². The van der Waals surface area contributed by atoms with Gasteiger partial charge in [0.05, 0.1) is 11.0 Å². The van der Waals surface area contributed by atoms with Crippen LogP contribution in [-0.2, 0) is 0 Å². The van der Waals surface area contributed by atoms with Crippen LogP contribution in [-0.4, -0.2) is 4.57 Å². The number of aromatic nitrogens is 1. The number of rotatable bonds is 2. The van der Waals surface area contributed by atoms with Gasteiger partial charge in [-0.15, -0.1) is 11.3 Å². The molecule has 0 fully saturated rings.